The number of benzene rings is 1. The Morgan fingerprint density at radius 3 is 2.43 bits per heavy atom. The van der Waals surface area contributed by atoms with Crippen molar-refractivity contribution in [1.82, 2.24) is 10.3 Å². The minimum absolute atomic E-state index is 0.00622. The molecular weight excluding hydrogens is 439 g/mol. The smallest absolute Gasteiger partial charge is 0.417 e. The largest absolute Gasteiger partial charge is 0.484 e. The van der Waals surface area contributed by atoms with Gasteiger partial charge in [-0.15, -0.1) is 0 Å². The second kappa shape index (κ2) is 8.81. The fourth-order valence-corrected chi connectivity index (χ4v) is 3.21. The van der Waals surface area contributed by atoms with Gasteiger partial charge < -0.3 is 15.0 Å². The number of amides is 1. The van der Waals surface area contributed by atoms with Crippen LogP contribution in [0.25, 0.3) is 0 Å². The van der Waals surface area contributed by atoms with Crippen LogP contribution in [0, 0.1) is 0 Å². The van der Waals surface area contributed by atoms with Gasteiger partial charge in [-0.3, -0.25) is 4.79 Å². The Kier molecular flexibility index (Phi) is 6.43. The molecular formula is C19H19BrF3N3O2. The molecule has 0 bridgehead atoms. The number of carbonyl (C=O) groups excluding carboxylic acids is 1. The van der Waals surface area contributed by atoms with E-state index in [1.807, 2.05) is 17.0 Å². The Morgan fingerprint density at radius 2 is 1.86 bits per heavy atom. The number of ether oxygens (including phenoxy) is 1. The van der Waals surface area contributed by atoms with Crippen molar-refractivity contribution in [2.45, 2.75) is 25.1 Å². The van der Waals surface area contributed by atoms with Crippen molar-refractivity contribution in [3.05, 3.63) is 52.6 Å². The van der Waals surface area contributed by atoms with Crippen molar-refractivity contribution in [2.24, 2.45) is 0 Å². The van der Waals surface area contributed by atoms with E-state index in [9.17, 15) is 18.0 Å². The molecule has 28 heavy (non-hydrogen) atoms. The number of nitrogens with zero attached hydrogens (tertiary/aromatic N) is 2. The Balaban J connectivity index is 1.43. The van der Waals surface area contributed by atoms with E-state index < -0.39 is 11.7 Å². The van der Waals surface area contributed by atoms with Crippen molar-refractivity contribution >= 4 is 27.7 Å². The van der Waals surface area contributed by atoms with Gasteiger partial charge in [0.25, 0.3) is 5.91 Å². The second-order valence-corrected chi connectivity index (χ2v) is 7.39. The van der Waals surface area contributed by atoms with E-state index in [1.54, 1.807) is 12.1 Å². The first-order valence-corrected chi connectivity index (χ1v) is 9.56. The van der Waals surface area contributed by atoms with Crippen LogP contribution >= 0.6 is 15.9 Å². The van der Waals surface area contributed by atoms with E-state index in [-0.39, 0.29) is 18.6 Å². The van der Waals surface area contributed by atoms with Crippen LogP contribution in [0.2, 0.25) is 0 Å². The lowest BCUT2D eigenvalue weighted by Crippen LogP contribution is -2.46. The molecule has 9 heteroatoms. The Hall–Kier alpha value is -2.29. The van der Waals surface area contributed by atoms with Gasteiger partial charge in [-0.1, -0.05) is 15.9 Å². The highest BCUT2D eigenvalue weighted by Crippen LogP contribution is 2.29. The molecule has 1 aromatic heterocycles. The van der Waals surface area contributed by atoms with E-state index in [2.05, 4.69) is 26.2 Å². The topological polar surface area (TPSA) is 54.5 Å². The van der Waals surface area contributed by atoms with Crippen LogP contribution in [0.5, 0.6) is 5.75 Å². The summed E-state index contributed by atoms with van der Waals surface area (Å²) in [5.74, 6) is 0.923. The van der Waals surface area contributed by atoms with Crippen LogP contribution in [0.1, 0.15) is 18.4 Å². The number of alkyl halides is 3. The average Bonchev–Trinajstić information content (AvgIpc) is 2.68. The highest BCUT2D eigenvalue weighted by Gasteiger charge is 2.31. The predicted molar refractivity (Wildman–Crippen MR) is 102 cm³/mol. The monoisotopic (exact) mass is 457 g/mol. The summed E-state index contributed by atoms with van der Waals surface area (Å²) >= 11 is 3.33. The number of nitrogens with one attached hydrogen (secondary N) is 1. The third-order valence-corrected chi connectivity index (χ3v) is 4.97. The molecule has 2 aromatic rings. The fourth-order valence-electron chi connectivity index (χ4n) is 2.94. The molecule has 1 aliphatic rings. The first kappa shape index (κ1) is 20.4. The third kappa shape index (κ3) is 5.60. The molecule has 1 aliphatic heterocycles. The summed E-state index contributed by atoms with van der Waals surface area (Å²) in [4.78, 5) is 17.9. The molecule has 150 valence electrons. The fraction of sp³-hybridized carbons (Fsp3) is 0.368. The molecule has 0 saturated carbocycles. The summed E-state index contributed by atoms with van der Waals surface area (Å²) in [6.45, 7) is 1.15. The van der Waals surface area contributed by atoms with Crippen LogP contribution in [-0.2, 0) is 11.0 Å². The van der Waals surface area contributed by atoms with Gasteiger partial charge in [0, 0.05) is 29.8 Å². The van der Waals surface area contributed by atoms with Crippen molar-refractivity contribution in [1.29, 1.82) is 0 Å². The summed E-state index contributed by atoms with van der Waals surface area (Å²) in [5.41, 5.74) is -0.760. The summed E-state index contributed by atoms with van der Waals surface area (Å²) in [5, 5.41) is 2.93. The van der Waals surface area contributed by atoms with Gasteiger partial charge in [0.05, 0.1) is 5.56 Å². The molecule has 0 unspecified atom stereocenters. The van der Waals surface area contributed by atoms with Crippen LogP contribution in [0.15, 0.2) is 47.1 Å². The predicted octanol–water partition coefficient (Wildman–Crippen LogP) is 4.03. The number of rotatable bonds is 5. The maximum Gasteiger partial charge on any atom is 0.417 e. The Labute approximate surface area is 169 Å². The lowest BCUT2D eigenvalue weighted by atomic mass is 10.0. The van der Waals surface area contributed by atoms with Crippen LogP contribution < -0.4 is 15.0 Å². The van der Waals surface area contributed by atoms with Crippen LogP contribution in [0.4, 0.5) is 19.0 Å². The molecule has 1 aromatic carbocycles. The number of pyridine rings is 1. The van der Waals surface area contributed by atoms with Gasteiger partial charge in [-0.05, 0) is 49.2 Å². The Morgan fingerprint density at radius 1 is 1.18 bits per heavy atom. The number of hydrogen-bond acceptors (Lipinski definition) is 4. The number of anilines is 1. The molecule has 1 fully saturated rings. The third-order valence-electron chi connectivity index (χ3n) is 4.44. The van der Waals surface area contributed by atoms with E-state index >= 15 is 0 Å². The summed E-state index contributed by atoms with van der Waals surface area (Å²) < 4.78 is 44.2. The maximum absolute atomic E-state index is 12.6. The summed E-state index contributed by atoms with van der Waals surface area (Å²) in [6, 6.07) is 9.63. The van der Waals surface area contributed by atoms with Gasteiger partial charge >= 0.3 is 6.18 Å². The zero-order valence-electron chi connectivity index (χ0n) is 14.9. The quantitative estimate of drug-likeness (QED) is 0.736. The molecule has 0 aliphatic carbocycles. The first-order valence-electron chi connectivity index (χ1n) is 8.77. The second-order valence-electron chi connectivity index (χ2n) is 6.47. The van der Waals surface area contributed by atoms with Gasteiger partial charge in [0.1, 0.15) is 11.6 Å². The standard InChI is InChI=1S/C19H19BrF3N3O2/c20-14-2-4-16(5-3-14)28-12-18(27)25-15-7-9-26(10-8-15)17-6-1-13(11-24-17)19(21,22)23/h1-6,11,15H,7-10,12H2,(H,25,27). The lowest BCUT2D eigenvalue weighted by Gasteiger charge is -2.33. The summed E-state index contributed by atoms with van der Waals surface area (Å²) in [7, 11) is 0. The van der Waals surface area contributed by atoms with Crippen molar-refractivity contribution in [2.75, 3.05) is 24.6 Å². The molecule has 3 rings (SSSR count). The molecule has 2 heterocycles. The first-order chi connectivity index (χ1) is 13.3. The normalized spacial score (nSPS) is 15.4. The van der Waals surface area contributed by atoms with Crippen LogP contribution in [-0.4, -0.2) is 36.6 Å². The number of aromatic nitrogens is 1. The average molecular weight is 458 g/mol. The van der Waals surface area contributed by atoms with E-state index in [1.165, 1.54) is 6.07 Å². The molecule has 0 spiro atoms. The van der Waals surface area contributed by atoms with Gasteiger partial charge in [0.2, 0.25) is 0 Å². The number of carbonyl (C=O) groups is 1. The number of hydrogen-bond donors (Lipinski definition) is 1. The van der Waals surface area contributed by atoms with E-state index in [0.717, 1.165) is 16.7 Å². The van der Waals surface area contributed by atoms with E-state index in [0.29, 0.717) is 37.5 Å². The highest BCUT2D eigenvalue weighted by atomic mass is 79.9. The molecule has 1 amide bonds. The highest BCUT2D eigenvalue weighted by molar-refractivity contribution is 9.10. The lowest BCUT2D eigenvalue weighted by molar-refractivity contribution is -0.137. The molecule has 0 atom stereocenters. The Bertz CT molecular complexity index is 790. The van der Waals surface area contributed by atoms with Crippen molar-refractivity contribution in [3.8, 4) is 5.75 Å². The van der Waals surface area contributed by atoms with Gasteiger partial charge in [-0.25, -0.2) is 4.98 Å². The SMILES string of the molecule is O=C(COc1ccc(Br)cc1)NC1CCN(c2ccc(C(F)(F)F)cn2)CC1. The molecule has 0 radical (unpaired) electrons. The van der Waals surface area contributed by atoms with E-state index in [4.69, 9.17) is 4.74 Å². The molecule has 1 saturated heterocycles. The van der Waals surface area contributed by atoms with Gasteiger partial charge in [-0.2, -0.15) is 13.2 Å². The molecule has 5 nitrogen and oxygen atoms in total. The summed E-state index contributed by atoms with van der Waals surface area (Å²) in [6.07, 6.45) is -2.16. The zero-order chi connectivity index (χ0) is 20.1. The minimum Gasteiger partial charge on any atom is -0.484 e. The molecule has 1 N–H and O–H groups in total. The van der Waals surface area contributed by atoms with Gasteiger partial charge in [0.15, 0.2) is 6.61 Å². The maximum atomic E-state index is 12.6. The van der Waals surface area contributed by atoms with Crippen molar-refractivity contribution < 1.29 is 22.7 Å². The van der Waals surface area contributed by atoms with Crippen LogP contribution in [0.3, 0.4) is 0 Å². The zero-order valence-corrected chi connectivity index (χ0v) is 16.5. The minimum atomic E-state index is -4.39. The van der Waals surface area contributed by atoms with Crippen molar-refractivity contribution in [3.63, 3.8) is 0 Å². The number of piperidine rings is 1. The number of halogens is 4.